The maximum absolute atomic E-state index is 13.6. The molecule has 0 fully saturated rings. The molecule has 2 aromatic heterocycles. The highest BCUT2D eigenvalue weighted by Crippen LogP contribution is 2.42. The van der Waals surface area contributed by atoms with Crippen molar-refractivity contribution in [3.63, 3.8) is 0 Å². The van der Waals surface area contributed by atoms with Crippen molar-refractivity contribution in [3.8, 4) is 23.1 Å². The Labute approximate surface area is 266 Å². The first kappa shape index (κ1) is 29.3. The molecule has 0 unspecified atom stereocenters. The van der Waals surface area contributed by atoms with Gasteiger partial charge in [-0.05, 0) is 86.5 Å². The number of anilines is 1. The number of ether oxygens (including phenoxy) is 2. The molecule has 1 amide bonds. The lowest BCUT2D eigenvalue weighted by Gasteiger charge is -2.15. The zero-order chi connectivity index (χ0) is 30.8. The molecule has 220 valence electrons. The number of para-hydroxylation sites is 2. The van der Waals surface area contributed by atoms with Crippen LogP contribution in [0.1, 0.15) is 5.56 Å². The lowest BCUT2D eigenvalue weighted by atomic mass is 10.2. The fraction of sp³-hybridized carbons (Fsp3) is 0.0625. The molecule has 1 N–H and O–H groups in total. The molecule has 4 aromatic carbocycles. The number of methoxy groups -OCH3 is 1. The van der Waals surface area contributed by atoms with Crippen molar-refractivity contribution in [3.05, 3.63) is 116 Å². The number of halogens is 3. The maximum atomic E-state index is 13.6. The molecule has 0 spiro atoms. The van der Waals surface area contributed by atoms with Gasteiger partial charge >= 0.3 is 0 Å². The third-order valence-corrected chi connectivity index (χ3v) is 8.71. The Morgan fingerprint density at radius 3 is 2.57 bits per heavy atom. The van der Waals surface area contributed by atoms with Gasteiger partial charge in [-0.3, -0.25) is 9.59 Å². The summed E-state index contributed by atoms with van der Waals surface area (Å²) in [5.74, 6) is 0.320. The Bertz CT molecular complexity index is 2090. The highest BCUT2D eigenvalue weighted by Gasteiger charge is 2.20. The summed E-state index contributed by atoms with van der Waals surface area (Å²) in [5, 5.41) is 8.42. The predicted molar refractivity (Wildman–Crippen MR) is 173 cm³/mol. The number of nitrogens with one attached hydrogen (secondary N) is 1. The summed E-state index contributed by atoms with van der Waals surface area (Å²) in [6.07, 6.45) is 1.48. The molecule has 0 saturated heterocycles. The topological polar surface area (TPSA) is 108 Å². The lowest BCUT2D eigenvalue weighted by Crippen LogP contribution is -2.20. The number of fused-ring (bicyclic) bond motifs is 2. The van der Waals surface area contributed by atoms with Crippen LogP contribution in [0, 0.1) is 5.82 Å². The van der Waals surface area contributed by atoms with Crippen LogP contribution in [0.15, 0.2) is 108 Å². The van der Waals surface area contributed by atoms with Crippen LogP contribution in [0.4, 0.5) is 10.1 Å². The molecule has 0 bridgehead atoms. The summed E-state index contributed by atoms with van der Waals surface area (Å²) in [7, 11) is 1.46. The number of carbonyl (C=O) groups is 1. The van der Waals surface area contributed by atoms with Crippen LogP contribution in [-0.4, -0.2) is 35.5 Å². The minimum absolute atomic E-state index is 0.232. The van der Waals surface area contributed by atoms with E-state index in [2.05, 4.69) is 42.3 Å². The third-order valence-electron chi connectivity index (χ3n) is 6.56. The number of rotatable bonds is 8. The summed E-state index contributed by atoms with van der Waals surface area (Å²) in [6, 6.07) is 23.4. The van der Waals surface area contributed by atoms with E-state index in [-0.39, 0.29) is 23.7 Å². The second-order valence-electron chi connectivity index (χ2n) is 9.43. The molecule has 6 rings (SSSR count). The van der Waals surface area contributed by atoms with Crippen LogP contribution >= 0.6 is 31.9 Å². The quantitative estimate of drug-likeness (QED) is 0.165. The smallest absolute Gasteiger partial charge is 0.282 e. The number of furan rings is 1. The number of hydrogen-bond acceptors (Lipinski definition) is 7. The highest BCUT2D eigenvalue weighted by molar-refractivity contribution is 9.13. The van der Waals surface area contributed by atoms with Gasteiger partial charge in [0.1, 0.15) is 11.4 Å². The normalized spacial score (nSPS) is 11.4. The zero-order valence-electron chi connectivity index (χ0n) is 22.9. The first-order valence-corrected chi connectivity index (χ1v) is 14.7. The van der Waals surface area contributed by atoms with Crippen LogP contribution in [0.5, 0.6) is 11.5 Å². The molecule has 0 saturated carbocycles. The van der Waals surface area contributed by atoms with E-state index in [1.54, 1.807) is 24.3 Å². The lowest BCUT2D eigenvalue weighted by molar-refractivity contribution is -0.118. The molecule has 0 radical (unpaired) electrons. The highest BCUT2D eigenvalue weighted by atomic mass is 79.9. The molecule has 6 aromatic rings. The molecule has 0 atom stereocenters. The van der Waals surface area contributed by atoms with Gasteiger partial charge in [-0.15, -0.1) is 0 Å². The second-order valence-corrected chi connectivity index (χ2v) is 11.0. The van der Waals surface area contributed by atoms with Gasteiger partial charge in [0.25, 0.3) is 11.5 Å². The summed E-state index contributed by atoms with van der Waals surface area (Å²) in [5.41, 5.74) is 1.75. The van der Waals surface area contributed by atoms with Crippen molar-refractivity contribution in [2.45, 2.75) is 0 Å². The first-order valence-electron chi connectivity index (χ1n) is 13.1. The van der Waals surface area contributed by atoms with Crippen LogP contribution in [0.2, 0.25) is 0 Å². The number of amides is 1. The Morgan fingerprint density at radius 1 is 1.05 bits per heavy atom. The molecule has 0 aliphatic rings. The van der Waals surface area contributed by atoms with Gasteiger partial charge in [-0.1, -0.05) is 30.3 Å². The number of carbonyl (C=O) groups excluding carboxylic acids is 1. The van der Waals surface area contributed by atoms with Crippen LogP contribution in [0.25, 0.3) is 33.5 Å². The van der Waals surface area contributed by atoms with Crippen molar-refractivity contribution in [2.75, 3.05) is 19.0 Å². The molecule has 2 heterocycles. The van der Waals surface area contributed by atoms with Gasteiger partial charge < -0.3 is 19.2 Å². The predicted octanol–water partition coefficient (Wildman–Crippen LogP) is 7.38. The Kier molecular flexibility index (Phi) is 8.27. The van der Waals surface area contributed by atoms with Gasteiger partial charge in [-0.2, -0.15) is 9.78 Å². The van der Waals surface area contributed by atoms with Crippen LogP contribution < -0.4 is 20.3 Å². The standard InChI is InChI=1S/C32H21Br2FN4O5/c1-42-25-15-19(28(33)29(34)30(25)43-17-27(40)37-21-12-10-20(35)11-13-21)16-36-39-31(26-14-18-6-2-5-9-24(18)44-26)38-23-8-4-3-7-22(23)32(39)41/h2-16H,17H2,1H3,(H,37,40). The van der Waals surface area contributed by atoms with E-state index in [0.29, 0.717) is 48.2 Å². The van der Waals surface area contributed by atoms with Gasteiger partial charge in [0.05, 0.1) is 28.7 Å². The number of aromatic nitrogens is 2. The van der Waals surface area contributed by atoms with E-state index < -0.39 is 11.7 Å². The zero-order valence-corrected chi connectivity index (χ0v) is 26.1. The van der Waals surface area contributed by atoms with E-state index >= 15 is 0 Å². The largest absolute Gasteiger partial charge is 0.493 e. The fourth-order valence-electron chi connectivity index (χ4n) is 4.46. The van der Waals surface area contributed by atoms with E-state index in [0.717, 1.165) is 5.39 Å². The average Bonchev–Trinajstić information content (AvgIpc) is 3.47. The van der Waals surface area contributed by atoms with E-state index in [1.807, 2.05) is 36.4 Å². The Hall–Kier alpha value is -4.81. The minimum Gasteiger partial charge on any atom is -0.493 e. The average molecular weight is 720 g/mol. The van der Waals surface area contributed by atoms with E-state index in [1.165, 1.54) is 42.3 Å². The molecular weight excluding hydrogens is 699 g/mol. The van der Waals surface area contributed by atoms with Crippen molar-refractivity contribution in [2.24, 2.45) is 5.10 Å². The minimum atomic E-state index is -0.450. The van der Waals surface area contributed by atoms with Gasteiger partial charge in [0, 0.05) is 21.1 Å². The van der Waals surface area contributed by atoms with Crippen LogP contribution in [0.3, 0.4) is 0 Å². The molecule has 44 heavy (non-hydrogen) atoms. The van der Waals surface area contributed by atoms with Gasteiger partial charge in [0.2, 0.25) is 5.82 Å². The monoisotopic (exact) mass is 718 g/mol. The van der Waals surface area contributed by atoms with Gasteiger partial charge in [0.15, 0.2) is 23.9 Å². The summed E-state index contributed by atoms with van der Waals surface area (Å²) < 4.78 is 32.7. The Morgan fingerprint density at radius 2 is 1.80 bits per heavy atom. The number of hydrogen-bond donors (Lipinski definition) is 1. The third kappa shape index (κ3) is 5.86. The maximum Gasteiger partial charge on any atom is 0.282 e. The fourth-order valence-corrected chi connectivity index (χ4v) is 5.39. The summed E-state index contributed by atoms with van der Waals surface area (Å²) in [6.45, 7) is -0.342. The number of benzene rings is 4. The molecule has 0 aliphatic carbocycles. The van der Waals surface area contributed by atoms with E-state index in [4.69, 9.17) is 18.9 Å². The summed E-state index contributed by atoms with van der Waals surface area (Å²) in [4.78, 5) is 30.8. The van der Waals surface area contributed by atoms with Crippen molar-refractivity contribution in [1.82, 2.24) is 9.66 Å². The number of nitrogens with zero attached hydrogens (tertiary/aromatic N) is 3. The van der Waals surface area contributed by atoms with E-state index in [9.17, 15) is 14.0 Å². The van der Waals surface area contributed by atoms with Crippen LogP contribution in [-0.2, 0) is 4.79 Å². The molecule has 12 heteroatoms. The van der Waals surface area contributed by atoms with Crippen molar-refractivity contribution >= 4 is 71.5 Å². The Balaban J connectivity index is 1.34. The SMILES string of the molecule is COc1cc(C=Nn2c(-c3cc4ccccc4o3)nc3ccccc3c2=O)c(Br)c(Br)c1OCC(=O)Nc1ccc(F)cc1. The first-order chi connectivity index (χ1) is 21.3. The van der Waals surface area contributed by atoms with Gasteiger partial charge in [-0.25, -0.2) is 9.37 Å². The second kappa shape index (κ2) is 12.4. The van der Waals surface area contributed by atoms with Crippen molar-refractivity contribution in [1.29, 1.82) is 0 Å². The molecular formula is C32H21Br2FN4O5. The van der Waals surface area contributed by atoms with Crippen molar-refractivity contribution < 1.29 is 23.1 Å². The molecule has 0 aliphatic heterocycles. The summed E-state index contributed by atoms with van der Waals surface area (Å²) >= 11 is 7.06. The molecule has 9 nitrogen and oxygen atoms in total.